The van der Waals surface area contributed by atoms with E-state index in [0.717, 1.165) is 28.6 Å². The zero-order valence-corrected chi connectivity index (χ0v) is 56.4. The number of aromatic nitrogens is 7. The largest absolute Gasteiger partial charge is 0.345 e. The van der Waals surface area contributed by atoms with Crippen molar-refractivity contribution in [3.05, 3.63) is 94.7 Å². The lowest BCUT2D eigenvalue weighted by Gasteiger charge is -2.73. The Morgan fingerprint density at radius 1 is 0.280 bits per heavy atom. The third-order valence-electron chi connectivity index (χ3n) is 24.4. The fraction of sp³-hybridized carbons (Fsp3) is 0.754. The first-order valence-corrected chi connectivity index (χ1v) is 27.8. The van der Waals surface area contributed by atoms with Crippen molar-refractivity contribution in [3.63, 3.8) is 0 Å². The summed E-state index contributed by atoms with van der Waals surface area (Å²) in [6, 6.07) is 0. The first-order chi connectivity index (χ1) is 33.2. The van der Waals surface area contributed by atoms with E-state index >= 15 is 0 Å². The predicted octanol–water partition coefficient (Wildman–Crippen LogP) is 15.5. The number of benzene rings is 1. The third-order valence-corrected chi connectivity index (χ3v) is 24.4. The van der Waals surface area contributed by atoms with Crippen LogP contribution in [0, 0.1) is 136 Å². The van der Waals surface area contributed by atoms with Gasteiger partial charge in [-0.15, -0.1) is 0 Å². The van der Waals surface area contributed by atoms with Crippen LogP contribution in [0.1, 0.15) is 223 Å². The molecule has 10 heteroatoms. The minimum Gasteiger partial charge on any atom is -0.295 e. The van der Waals surface area contributed by atoms with Crippen LogP contribution in [0.4, 0.5) is 0 Å². The van der Waals surface area contributed by atoms with Gasteiger partial charge in [-0.3, -0.25) is 14.4 Å². The first-order valence-electron chi connectivity index (χ1n) is 27.8. The summed E-state index contributed by atoms with van der Waals surface area (Å²) in [7, 11) is 7.91. The molecule has 1 aromatic carbocycles. The summed E-state index contributed by atoms with van der Waals surface area (Å²) >= 11 is 0. The second kappa shape index (κ2) is 22.9. The Hall–Kier alpha value is -3.76. The zero-order valence-electron chi connectivity index (χ0n) is 56.4. The van der Waals surface area contributed by atoms with Crippen LogP contribution in [-0.2, 0) is 14.1 Å². The van der Waals surface area contributed by atoms with Crippen LogP contribution in [0.3, 0.4) is 0 Å². The van der Waals surface area contributed by atoms with Crippen LogP contribution in [0.2, 0.25) is 0 Å². The van der Waals surface area contributed by atoms with Gasteiger partial charge in [0.1, 0.15) is 5.82 Å². The standard InChI is InChI=1S/2C16H33N.C12H18.2C8H12N2.C5H9N3O/c2*1-12(2)13(3,4)15(7,8)17(11)16(9,10)14(12,5)6;1-7-8(2)10(4)12(6)11(5)9(7)3;2*1-5-6(2)8(4)10-9-7(5)3;1-4-6-8(3)5(9)7(4)2/h2*1-11H3;1-6H3;2*1-4H3;1-3H3. The van der Waals surface area contributed by atoms with Crippen molar-refractivity contribution in [3.8, 4) is 0 Å². The average Bonchev–Trinajstić information content (AvgIpc) is 3.53. The second-order valence-corrected chi connectivity index (χ2v) is 28.1. The molecule has 428 valence electrons. The number of hydrogen-bond donors (Lipinski definition) is 0. The SMILES string of the molecule is CN1C(C)(C)C(C)(C)C(C)(C)C(C)(C)C1(C)C.CN1C(C)(C)C(C)(C)C(C)(C)C(C)(C)C1(C)C.Cc1c(C)c(C)c(C)c(C)c1C.Cc1nn(C)c(=O)n1C.Cc1nnc(C)c(C)c1C.Cc1nnc(C)c(C)c1C. The third kappa shape index (κ3) is 11.8. The number of hydrogen-bond acceptors (Lipinski definition) is 8. The van der Waals surface area contributed by atoms with Crippen molar-refractivity contribution in [1.29, 1.82) is 0 Å². The quantitative estimate of drug-likeness (QED) is 0.172. The van der Waals surface area contributed by atoms with Gasteiger partial charge in [-0.05, 0) is 261 Å². The molecule has 0 amide bonds. The summed E-state index contributed by atoms with van der Waals surface area (Å²) in [4.78, 5) is 16.0. The summed E-state index contributed by atoms with van der Waals surface area (Å²) in [5.41, 5.74) is 20.1. The highest BCUT2D eigenvalue weighted by atomic mass is 16.2. The molecule has 0 saturated carbocycles. The second-order valence-electron chi connectivity index (χ2n) is 28.1. The van der Waals surface area contributed by atoms with Crippen LogP contribution < -0.4 is 5.69 Å². The van der Waals surface area contributed by atoms with Crippen molar-refractivity contribution in [2.45, 2.75) is 264 Å². The van der Waals surface area contributed by atoms with Crippen molar-refractivity contribution in [2.24, 2.45) is 46.6 Å². The Morgan fingerprint density at radius 2 is 0.453 bits per heavy atom. The first kappa shape index (κ1) is 69.3. The molecule has 4 aromatic rings. The zero-order chi connectivity index (χ0) is 60.1. The Kier molecular flexibility index (Phi) is 21.2. The highest BCUT2D eigenvalue weighted by Crippen LogP contribution is 2.68. The van der Waals surface area contributed by atoms with Gasteiger partial charge in [0.05, 0.1) is 22.8 Å². The minimum absolute atomic E-state index is 0.0764. The van der Waals surface area contributed by atoms with Crippen molar-refractivity contribution in [1.82, 2.24) is 44.5 Å². The molecule has 2 fully saturated rings. The van der Waals surface area contributed by atoms with Gasteiger partial charge in [0.2, 0.25) is 0 Å². The maximum Gasteiger partial charge on any atom is 0.345 e. The molecule has 2 saturated heterocycles. The molecule has 10 nitrogen and oxygen atoms in total. The molecule has 0 unspecified atom stereocenters. The maximum atomic E-state index is 10.9. The summed E-state index contributed by atoms with van der Waals surface area (Å²) in [6.07, 6.45) is 0. The van der Waals surface area contributed by atoms with Gasteiger partial charge in [-0.2, -0.15) is 25.5 Å². The van der Waals surface area contributed by atoms with E-state index in [1.165, 1.54) is 64.9 Å². The van der Waals surface area contributed by atoms with Crippen LogP contribution in [0.15, 0.2) is 4.79 Å². The van der Waals surface area contributed by atoms with Crippen LogP contribution in [-0.4, -0.2) is 80.8 Å². The van der Waals surface area contributed by atoms with Gasteiger partial charge >= 0.3 is 5.69 Å². The summed E-state index contributed by atoms with van der Waals surface area (Å²) in [5, 5.41) is 19.8. The Morgan fingerprint density at radius 3 is 0.573 bits per heavy atom. The molecule has 3 aromatic heterocycles. The summed E-state index contributed by atoms with van der Waals surface area (Å²) in [5.74, 6) is 0.738. The Bertz CT molecular complexity index is 2350. The van der Waals surface area contributed by atoms with Gasteiger partial charge in [0.25, 0.3) is 0 Å². The molecular formula is C65H117N9O. The molecule has 2 aliphatic rings. The van der Waals surface area contributed by atoms with Gasteiger partial charge in [-0.25, -0.2) is 9.48 Å². The molecule has 6 rings (SSSR count). The number of nitrogens with zero attached hydrogens (tertiary/aromatic N) is 9. The smallest absolute Gasteiger partial charge is 0.295 e. The molecule has 0 bridgehead atoms. The number of rotatable bonds is 0. The molecular weight excluding hydrogens is 923 g/mol. The van der Waals surface area contributed by atoms with E-state index in [-0.39, 0.29) is 60.3 Å². The molecule has 2 aliphatic heterocycles. The normalized spacial score (nSPS) is 20.7. The monoisotopic (exact) mass is 1040 g/mol. The van der Waals surface area contributed by atoms with E-state index in [1.807, 2.05) is 27.7 Å². The fourth-order valence-corrected chi connectivity index (χ4v) is 11.8. The minimum atomic E-state index is -0.0764. The number of aryl methyl sites for hydroxylation is 6. The van der Waals surface area contributed by atoms with Gasteiger partial charge < -0.3 is 0 Å². The van der Waals surface area contributed by atoms with E-state index in [2.05, 4.69) is 257 Å². The Balaban J connectivity index is 0.000000458. The lowest BCUT2D eigenvalue weighted by Crippen LogP contribution is -2.76. The van der Waals surface area contributed by atoms with Crippen LogP contribution in [0.5, 0.6) is 0 Å². The van der Waals surface area contributed by atoms with Crippen molar-refractivity contribution >= 4 is 0 Å². The number of likely N-dealkylation sites (tertiary alicyclic amines) is 2. The molecule has 0 aliphatic carbocycles. The highest BCUT2D eigenvalue weighted by Gasteiger charge is 2.68. The van der Waals surface area contributed by atoms with E-state index in [1.54, 1.807) is 21.0 Å². The topological polar surface area (TPSA) is 97.9 Å². The van der Waals surface area contributed by atoms with Crippen LogP contribution >= 0.6 is 0 Å². The predicted molar refractivity (Wildman–Crippen MR) is 325 cm³/mol. The van der Waals surface area contributed by atoms with Crippen molar-refractivity contribution < 1.29 is 0 Å². The fourth-order valence-electron chi connectivity index (χ4n) is 11.8. The molecule has 0 atom stereocenters. The van der Waals surface area contributed by atoms with Crippen molar-refractivity contribution in [2.75, 3.05) is 14.1 Å². The van der Waals surface area contributed by atoms with E-state index in [0.29, 0.717) is 0 Å². The molecule has 75 heavy (non-hydrogen) atoms. The van der Waals surface area contributed by atoms with Gasteiger partial charge in [-0.1, -0.05) is 83.1 Å². The molecule has 0 radical (unpaired) electrons. The van der Waals surface area contributed by atoms with Crippen LogP contribution in [0.25, 0.3) is 0 Å². The summed E-state index contributed by atoms with van der Waals surface area (Å²) < 4.78 is 2.81. The molecule has 0 spiro atoms. The van der Waals surface area contributed by atoms with E-state index < -0.39 is 0 Å². The molecule has 0 N–H and O–H groups in total. The average molecular weight is 1040 g/mol. The Labute approximate surface area is 462 Å². The summed E-state index contributed by atoms with van der Waals surface area (Å²) in [6.45, 7) is 79.7. The molecule has 5 heterocycles. The highest BCUT2D eigenvalue weighted by molar-refractivity contribution is 5.48. The number of piperidine rings is 2. The lowest BCUT2D eigenvalue weighted by atomic mass is 9.41. The van der Waals surface area contributed by atoms with E-state index in [9.17, 15) is 4.79 Å². The van der Waals surface area contributed by atoms with Gasteiger partial charge in [0, 0.05) is 36.3 Å². The van der Waals surface area contributed by atoms with Gasteiger partial charge in [0.15, 0.2) is 0 Å². The maximum absolute atomic E-state index is 10.9. The van der Waals surface area contributed by atoms with E-state index in [4.69, 9.17) is 0 Å². The lowest BCUT2D eigenvalue weighted by molar-refractivity contribution is -0.238.